The predicted molar refractivity (Wildman–Crippen MR) is 110 cm³/mol. The number of hydrogen-bond donors (Lipinski definition) is 2. The summed E-state index contributed by atoms with van der Waals surface area (Å²) in [4.78, 5) is 10.00. The number of nitrogens with two attached hydrogens (primary N) is 1. The standard InChI is InChI=1S/C20H16ClF4N5/c21-12(9-26)18-28-16-8-11(30-7-6-20(24,25)10-30)4-5-15(16)27-19(29-18)17-13(22)2-1-3-14(17)23/h1-5,8-9H,6-7,10,26H2,(H,27,28,29)/b12-9+. The smallest absolute Gasteiger partial charge is 0.266 e. The molecule has 10 heteroatoms. The molecule has 0 aliphatic carbocycles. The van der Waals surface area contributed by atoms with Gasteiger partial charge in [-0.2, -0.15) is 0 Å². The first kappa shape index (κ1) is 20.2. The van der Waals surface area contributed by atoms with Crippen LogP contribution in [0.25, 0.3) is 0 Å². The zero-order valence-corrected chi connectivity index (χ0v) is 16.2. The number of anilines is 2. The molecule has 0 spiro atoms. The SMILES string of the molecule is N/C=C(/Cl)C1=NC(c2c(F)cccc2F)=Nc2ccc(N3CCC(F)(F)C3)cc2N1. The second kappa shape index (κ2) is 7.64. The van der Waals surface area contributed by atoms with Crippen molar-refractivity contribution in [3.8, 4) is 0 Å². The van der Waals surface area contributed by atoms with E-state index in [1.807, 2.05) is 0 Å². The molecule has 0 saturated carbocycles. The highest BCUT2D eigenvalue weighted by atomic mass is 35.5. The average molecular weight is 438 g/mol. The lowest BCUT2D eigenvalue weighted by Gasteiger charge is -2.20. The number of aliphatic imine (C=N–C) groups is 2. The number of nitrogens with one attached hydrogen (secondary N) is 1. The molecule has 2 aliphatic heterocycles. The number of halogens is 5. The average Bonchev–Trinajstić information content (AvgIpc) is 2.96. The summed E-state index contributed by atoms with van der Waals surface area (Å²) in [5, 5.41) is 2.92. The van der Waals surface area contributed by atoms with Gasteiger partial charge in [0.25, 0.3) is 5.92 Å². The van der Waals surface area contributed by atoms with E-state index in [1.54, 1.807) is 23.1 Å². The Kier molecular flexibility index (Phi) is 5.15. The lowest BCUT2D eigenvalue weighted by Crippen LogP contribution is -2.24. The van der Waals surface area contributed by atoms with Crippen LogP contribution in [0, 0.1) is 11.6 Å². The highest BCUT2D eigenvalue weighted by Gasteiger charge is 2.38. The number of amidine groups is 2. The highest BCUT2D eigenvalue weighted by Crippen LogP contribution is 2.37. The summed E-state index contributed by atoms with van der Waals surface area (Å²) >= 11 is 6.11. The van der Waals surface area contributed by atoms with Gasteiger partial charge in [0, 0.05) is 24.9 Å². The lowest BCUT2D eigenvalue weighted by atomic mass is 10.1. The molecule has 0 amide bonds. The minimum atomic E-state index is -2.76. The van der Waals surface area contributed by atoms with E-state index in [9.17, 15) is 17.6 Å². The van der Waals surface area contributed by atoms with Crippen molar-refractivity contribution in [1.29, 1.82) is 0 Å². The highest BCUT2D eigenvalue weighted by molar-refractivity contribution is 6.46. The number of hydrogen-bond acceptors (Lipinski definition) is 5. The summed E-state index contributed by atoms with van der Waals surface area (Å²) in [5.74, 6) is -4.67. The van der Waals surface area contributed by atoms with Gasteiger partial charge < -0.3 is 16.0 Å². The van der Waals surface area contributed by atoms with E-state index in [-0.39, 0.29) is 29.7 Å². The maximum Gasteiger partial charge on any atom is 0.266 e. The zero-order valence-electron chi connectivity index (χ0n) is 15.5. The van der Waals surface area contributed by atoms with Crippen LogP contribution in [0.4, 0.5) is 34.6 Å². The lowest BCUT2D eigenvalue weighted by molar-refractivity contribution is 0.0257. The van der Waals surface area contributed by atoms with Crippen molar-refractivity contribution in [2.45, 2.75) is 12.3 Å². The van der Waals surface area contributed by atoms with Crippen molar-refractivity contribution in [2.75, 3.05) is 23.3 Å². The van der Waals surface area contributed by atoms with Crippen LogP contribution < -0.4 is 16.0 Å². The molecule has 0 radical (unpaired) electrons. The minimum absolute atomic E-state index is 0.00888. The molecule has 2 aromatic rings. The van der Waals surface area contributed by atoms with Crippen LogP contribution in [0.15, 0.2) is 57.6 Å². The number of alkyl halides is 2. The van der Waals surface area contributed by atoms with Gasteiger partial charge in [-0.1, -0.05) is 17.7 Å². The molecule has 0 aromatic heterocycles. The Hall–Kier alpha value is -3.07. The summed E-state index contributed by atoms with van der Waals surface area (Å²) < 4.78 is 55.9. The van der Waals surface area contributed by atoms with Gasteiger partial charge >= 0.3 is 0 Å². The summed E-state index contributed by atoms with van der Waals surface area (Å²) in [6.45, 7) is -0.198. The van der Waals surface area contributed by atoms with Crippen LogP contribution in [0.2, 0.25) is 0 Å². The van der Waals surface area contributed by atoms with Crippen LogP contribution in [0.3, 0.4) is 0 Å². The number of fused-ring (bicyclic) bond motifs is 1. The normalized spacial score (nSPS) is 18.3. The quantitative estimate of drug-likeness (QED) is 0.681. The van der Waals surface area contributed by atoms with Crippen LogP contribution in [0.1, 0.15) is 12.0 Å². The monoisotopic (exact) mass is 437 g/mol. The van der Waals surface area contributed by atoms with E-state index in [0.717, 1.165) is 18.3 Å². The predicted octanol–water partition coefficient (Wildman–Crippen LogP) is 4.75. The van der Waals surface area contributed by atoms with E-state index in [4.69, 9.17) is 17.3 Å². The number of nitrogens with zero attached hydrogens (tertiary/aromatic N) is 3. The molecule has 1 fully saturated rings. The van der Waals surface area contributed by atoms with E-state index in [1.165, 1.54) is 6.07 Å². The third kappa shape index (κ3) is 3.85. The Morgan fingerprint density at radius 1 is 1.17 bits per heavy atom. The third-order valence-electron chi connectivity index (χ3n) is 4.77. The second-order valence-corrected chi connectivity index (χ2v) is 7.27. The van der Waals surface area contributed by atoms with Crippen molar-refractivity contribution in [2.24, 2.45) is 15.7 Å². The Balaban J connectivity index is 1.82. The molecule has 0 bridgehead atoms. The molecule has 30 heavy (non-hydrogen) atoms. The Bertz CT molecular complexity index is 1080. The molecule has 2 heterocycles. The number of benzene rings is 2. The maximum absolute atomic E-state index is 14.3. The van der Waals surface area contributed by atoms with Gasteiger partial charge in [-0.05, 0) is 30.3 Å². The van der Waals surface area contributed by atoms with Crippen molar-refractivity contribution in [1.82, 2.24) is 0 Å². The Labute approximate surface area is 174 Å². The fourth-order valence-corrected chi connectivity index (χ4v) is 3.38. The number of rotatable bonds is 3. The van der Waals surface area contributed by atoms with Gasteiger partial charge in [0.2, 0.25) is 0 Å². The van der Waals surface area contributed by atoms with E-state index in [2.05, 4.69) is 15.3 Å². The van der Waals surface area contributed by atoms with Crippen LogP contribution >= 0.6 is 11.6 Å². The van der Waals surface area contributed by atoms with Crippen molar-refractivity contribution < 1.29 is 17.6 Å². The van der Waals surface area contributed by atoms with Gasteiger partial charge in [0.05, 0.1) is 28.5 Å². The first-order chi connectivity index (χ1) is 14.3. The summed E-state index contributed by atoms with van der Waals surface area (Å²) in [7, 11) is 0. The van der Waals surface area contributed by atoms with Crippen molar-refractivity contribution >= 4 is 40.3 Å². The largest absolute Gasteiger partial charge is 0.403 e. The Morgan fingerprint density at radius 3 is 2.53 bits per heavy atom. The fraction of sp³-hybridized carbons (Fsp3) is 0.200. The van der Waals surface area contributed by atoms with Gasteiger partial charge in [0.15, 0.2) is 11.7 Å². The van der Waals surface area contributed by atoms with Crippen LogP contribution in [-0.2, 0) is 0 Å². The second-order valence-electron chi connectivity index (χ2n) is 6.86. The Morgan fingerprint density at radius 2 is 1.90 bits per heavy atom. The zero-order chi connectivity index (χ0) is 21.5. The molecule has 0 unspecified atom stereocenters. The molecular formula is C20H16ClF4N5. The van der Waals surface area contributed by atoms with Crippen LogP contribution in [-0.4, -0.2) is 30.7 Å². The molecule has 156 valence electrons. The van der Waals surface area contributed by atoms with Crippen LogP contribution in [0.5, 0.6) is 0 Å². The molecule has 3 N–H and O–H groups in total. The maximum atomic E-state index is 14.3. The third-order valence-corrected chi connectivity index (χ3v) is 5.08. The molecule has 2 aliphatic rings. The molecule has 5 nitrogen and oxygen atoms in total. The topological polar surface area (TPSA) is 66.0 Å². The molecule has 4 rings (SSSR count). The first-order valence-corrected chi connectivity index (χ1v) is 9.38. The van der Waals surface area contributed by atoms with Crippen molar-refractivity contribution in [3.63, 3.8) is 0 Å². The van der Waals surface area contributed by atoms with Gasteiger partial charge in [-0.15, -0.1) is 0 Å². The van der Waals surface area contributed by atoms with E-state index in [0.29, 0.717) is 17.1 Å². The summed E-state index contributed by atoms with van der Waals surface area (Å²) in [6, 6.07) is 8.19. The minimum Gasteiger partial charge on any atom is -0.403 e. The summed E-state index contributed by atoms with van der Waals surface area (Å²) in [6.07, 6.45) is 0.833. The molecule has 1 saturated heterocycles. The summed E-state index contributed by atoms with van der Waals surface area (Å²) in [5.41, 5.74) is 6.29. The van der Waals surface area contributed by atoms with E-state index < -0.39 is 29.7 Å². The van der Waals surface area contributed by atoms with Gasteiger partial charge in [-0.25, -0.2) is 27.5 Å². The van der Waals surface area contributed by atoms with E-state index >= 15 is 0 Å². The molecule has 2 aromatic carbocycles. The molecule has 0 atom stereocenters. The first-order valence-electron chi connectivity index (χ1n) is 9.01. The van der Waals surface area contributed by atoms with Gasteiger partial charge in [-0.3, -0.25) is 0 Å². The van der Waals surface area contributed by atoms with Gasteiger partial charge in [0.1, 0.15) is 11.6 Å². The van der Waals surface area contributed by atoms with Crippen molar-refractivity contribution in [3.05, 3.63) is 64.8 Å². The fourth-order valence-electron chi connectivity index (χ4n) is 3.29. The molecular weight excluding hydrogens is 422 g/mol.